The first kappa shape index (κ1) is 21.9. The Balaban J connectivity index is 1.35. The van der Waals surface area contributed by atoms with E-state index in [1.165, 1.54) is 6.20 Å². The summed E-state index contributed by atoms with van der Waals surface area (Å²) in [6.45, 7) is 1.47. The van der Waals surface area contributed by atoms with Gasteiger partial charge >= 0.3 is 0 Å². The van der Waals surface area contributed by atoms with Crippen LogP contribution in [0.4, 0.5) is 17.3 Å². The fourth-order valence-electron chi connectivity index (χ4n) is 3.49. The fraction of sp³-hybridized carbons (Fsp3) is 0.364. The molecule has 11 heteroatoms. The molecule has 2 N–H and O–H groups in total. The monoisotopic (exact) mass is 488 g/mol. The number of para-hydroxylation sites is 1. The number of nitrogens with zero attached hydrogens (tertiary/aromatic N) is 4. The van der Waals surface area contributed by atoms with Crippen molar-refractivity contribution in [2.24, 2.45) is 0 Å². The molecule has 2 aliphatic rings. The number of carbonyl (C=O) groups excluding carboxylic acids is 1. The minimum absolute atomic E-state index is 0.0412. The summed E-state index contributed by atoms with van der Waals surface area (Å²) in [5, 5.41) is 11.0. The van der Waals surface area contributed by atoms with Gasteiger partial charge in [0.2, 0.25) is 11.8 Å². The van der Waals surface area contributed by atoms with Crippen LogP contribution in [0.25, 0.3) is 0 Å². The Kier molecular flexibility index (Phi) is 6.34. The molecule has 2 aromatic heterocycles. The number of anilines is 3. The van der Waals surface area contributed by atoms with Crippen LogP contribution in [0, 0.1) is 0 Å². The van der Waals surface area contributed by atoms with Gasteiger partial charge in [0.05, 0.1) is 33.7 Å². The van der Waals surface area contributed by atoms with Gasteiger partial charge in [-0.1, -0.05) is 29.3 Å². The molecule has 1 aliphatic carbocycles. The summed E-state index contributed by atoms with van der Waals surface area (Å²) in [6, 6.07) is 5.31. The molecule has 172 valence electrons. The molecule has 0 radical (unpaired) electrons. The first-order chi connectivity index (χ1) is 16.1. The highest BCUT2D eigenvalue weighted by molar-refractivity contribution is 6.40. The molecule has 1 amide bonds. The number of hydrogen-bond acceptors (Lipinski definition) is 7. The van der Waals surface area contributed by atoms with E-state index >= 15 is 0 Å². The third kappa shape index (κ3) is 5.21. The van der Waals surface area contributed by atoms with E-state index in [4.69, 9.17) is 32.7 Å². The molecule has 1 aliphatic heterocycles. The van der Waals surface area contributed by atoms with Crippen LogP contribution in [0.1, 0.15) is 42.1 Å². The summed E-state index contributed by atoms with van der Waals surface area (Å²) >= 11 is 12.4. The van der Waals surface area contributed by atoms with Crippen LogP contribution in [-0.4, -0.2) is 45.0 Å². The van der Waals surface area contributed by atoms with Gasteiger partial charge in [0, 0.05) is 25.6 Å². The summed E-state index contributed by atoms with van der Waals surface area (Å²) in [5.74, 6) is 0.0523. The van der Waals surface area contributed by atoms with Crippen LogP contribution >= 0.6 is 23.2 Å². The summed E-state index contributed by atoms with van der Waals surface area (Å²) < 4.78 is 13.3. The van der Waals surface area contributed by atoms with Gasteiger partial charge in [0.1, 0.15) is 11.7 Å². The number of ether oxygens (including phenoxy) is 2. The third-order valence-electron chi connectivity index (χ3n) is 5.42. The maximum atomic E-state index is 13.0. The Bertz CT molecular complexity index is 1140. The van der Waals surface area contributed by atoms with Crippen LogP contribution in [0.5, 0.6) is 5.88 Å². The predicted molar refractivity (Wildman–Crippen MR) is 125 cm³/mol. The van der Waals surface area contributed by atoms with E-state index in [1.54, 1.807) is 24.4 Å². The van der Waals surface area contributed by atoms with Crippen molar-refractivity contribution in [3.63, 3.8) is 0 Å². The number of aromatic nitrogens is 4. The van der Waals surface area contributed by atoms with Crippen LogP contribution in [0.15, 0.2) is 36.8 Å². The number of rotatable bonds is 7. The second-order valence-electron chi connectivity index (χ2n) is 7.96. The molecule has 3 aromatic rings. The molecule has 0 spiro atoms. The largest absolute Gasteiger partial charge is 0.474 e. The number of nitrogens with one attached hydrogen (secondary N) is 2. The Hall–Kier alpha value is -2.88. The number of carbonyl (C=O) groups is 1. The molecule has 9 nitrogen and oxygen atoms in total. The lowest BCUT2D eigenvalue weighted by Crippen LogP contribution is -2.19. The highest BCUT2D eigenvalue weighted by atomic mass is 35.5. The summed E-state index contributed by atoms with van der Waals surface area (Å²) in [4.78, 5) is 21.7. The first-order valence-corrected chi connectivity index (χ1v) is 11.5. The topological polar surface area (TPSA) is 103 Å². The number of benzene rings is 1. The molecule has 5 rings (SSSR count). The molecule has 0 unspecified atom stereocenters. The average Bonchev–Trinajstić information content (AvgIpc) is 3.51. The van der Waals surface area contributed by atoms with E-state index in [2.05, 4.69) is 25.7 Å². The van der Waals surface area contributed by atoms with Crippen molar-refractivity contribution in [3.8, 4) is 5.88 Å². The van der Waals surface area contributed by atoms with Gasteiger partial charge in [-0.15, -0.1) is 0 Å². The molecule has 0 atom stereocenters. The van der Waals surface area contributed by atoms with Crippen LogP contribution in [0.3, 0.4) is 0 Å². The van der Waals surface area contributed by atoms with Gasteiger partial charge in [-0.3, -0.25) is 9.48 Å². The van der Waals surface area contributed by atoms with Crippen molar-refractivity contribution in [2.75, 3.05) is 23.8 Å². The molecular formula is C22H22Cl2N6O3. The Morgan fingerprint density at radius 3 is 2.61 bits per heavy atom. The van der Waals surface area contributed by atoms with Gasteiger partial charge in [0.15, 0.2) is 0 Å². The lowest BCUT2D eigenvalue weighted by molar-refractivity contribution is 0.0662. The van der Waals surface area contributed by atoms with Crippen LogP contribution < -0.4 is 15.4 Å². The van der Waals surface area contributed by atoms with Gasteiger partial charge in [-0.05, 0) is 37.8 Å². The number of hydrogen-bond donors (Lipinski definition) is 2. The van der Waals surface area contributed by atoms with E-state index in [0.29, 0.717) is 27.7 Å². The van der Waals surface area contributed by atoms with Crippen molar-refractivity contribution in [1.82, 2.24) is 19.7 Å². The molecule has 1 saturated carbocycles. The van der Waals surface area contributed by atoms with Crippen molar-refractivity contribution in [3.05, 3.63) is 52.4 Å². The number of amides is 1. The fourth-order valence-corrected chi connectivity index (χ4v) is 3.99. The second kappa shape index (κ2) is 9.54. The Morgan fingerprint density at radius 2 is 1.88 bits per heavy atom. The Labute approximate surface area is 200 Å². The zero-order valence-corrected chi connectivity index (χ0v) is 19.1. The third-order valence-corrected chi connectivity index (χ3v) is 6.05. The number of halogens is 2. The zero-order valence-electron chi connectivity index (χ0n) is 17.6. The quantitative estimate of drug-likeness (QED) is 0.488. The van der Waals surface area contributed by atoms with E-state index in [0.717, 1.165) is 44.6 Å². The van der Waals surface area contributed by atoms with E-state index in [1.807, 2.05) is 10.9 Å². The lowest BCUT2D eigenvalue weighted by Gasteiger charge is -2.22. The minimum atomic E-state index is -0.459. The normalized spacial score (nSPS) is 16.4. The molecule has 0 bridgehead atoms. The molecule has 1 saturated heterocycles. The van der Waals surface area contributed by atoms with Crippen LogP contribution in [-0.2, 0) is 4.74 Å². The molecule has 1 aromatic carbocycles. The predicted octanol–water partition coefficient (Wildman–Crippen LogP) is 4.87. The zero-order chi connectivity index (χ0) is 22.8. The van der Waals surface area contributed by atoms with Gasteiger partial charge in [-0.2, -0.15) is 10.1 Å². The lowest BCUT2D eigenvalue weighted by atomic mass is 10.1. The van der Waals surface area contributed by atoms with Gasteiger partial charge in [-0.25, -0.2) is 4.98 Å². The summed E-state index contributed by atoms with van der Waals surface area (Å²) in [7, 11) is 0. The highest BCUT2D eigenvalue weighted by Crippen LogP contribution is 2.32. The van der Waals surface area contributed by atoms with E-state index in [-0.39, 0.29) is 17.5 Å². The molecular weight excluding hydrogens is 467 g/mol. The average molecular weight is 489 g/mol. The SMILES string of the molecule is O=C(Nc1c(Cl)cccc1Cl)c1cnc(Nc2cnn(C3CCOCC3)c2)nc1OC1CC1. The molecule has 3 heterocycles. The van der Waals surface area contributed by atoms with Crippen molar-refractivity contribution in [1.29, 1.82) is 0 Å². The van der Waals surface area contributed by atoms with Gasteiger partial charge in [0.25, 0.3) is 5.91 Å². The molecule has 33 heavy (non-hydrogen) atoms. The highest BCUT2D eigenvalue weighted by Gasteiger charge is 2.28. The summed E-state index contributed by atoms with van der Waals surface area (Å²) in [6.07, 6.45) is 8.80. The smallest absolute Gasteiger partial charge is 0.262 e. The van der Waals surface area contributed by atoms with E-state index < -0.39 is 5.91 Å². The standard InChI is InChI=1S/C22H22Cl2N6O3/c23-17-2-1-3-18(24)19(17)28-20(31)16-11-25-22(29-21(16)33-15-4-5-15)27-13-10-26-30(12-13)14-6-8-32-9-7-14/h1-3,10-12,14-15H,4-9H2,(H,28,31)(H,25,27,29). The van der Waals surface area contributed by atoms with E-state index in [9.17, 15) is 4.79 Å². The van der Waals surface area contributed by atoms with Gasteiger partial charge < -0.3 is 20.1 Å². The van der Waals surface area contributed by atoms with Crippen LogP contribution in [0.2, 0.25) is 10.0 Å². The van der Waals surface area contributed by atoms with Crippen molar-refractivity contribution < 1.29 is 14.3 Å². The maximum Gasteiger partial charge on any atom is 0.262 e. The minimum Gasteiger partial charge on any atom is -0.474 e. The first-order valence-electron chi connectivity index (χ1n) is 10.7. The Morgan fingerprint density at radius 1 is 1.12 bits per heavy atom. The maximum absolute atomic E-state index is 13.0. The van der Waals surface area contributed by atoms with Crippen molar-refractivity contribution in [2.45, 2.75) is 37.8 Å². The summed E-state index contributed by atoms with van der Waals surface area (Å²) in [5.41, 5.74) is 1.27. The molecule has 2 fully saturated rings. The second-order valence-corrected chi connectivity index (χ2v) is 8.77. The van der Waals surface area contributed by atoms with Crippen molar-refractivity contribution >= 4 is 46.4 Å².